The average molecular weight is 343 g/mol. The fourth-order valence-corrected chi connectivity index (χ4v) is 2.36. The zero-order chi connectivity index (χ0) is 18.1. The highest BCUT2D eigenvalue weighted by molar-refractivity contribution is 5.94. The normalized spacial score (nSPS) is 10.2. The molecule has 2 aromatic rings. The summed E-state index contributed by atoms with van der Waals surface area (Å²) in [6, 6.07) is 12.8. The predicted octanol–water partition coefficient (Wildman–Crippen LogP) is 3.81. The van der Waals surface area contributed by atoms with Crippen LogP contribution in [0.2, 0.25) is 0 Å². The molecule has 0 aliphatic heterocycles. The van der Waals surface area contributed by atoms with E-state index in [1.165, 1.54) is 0 Å². The van der Waals surface area contributed by atoms with Gasteiger partial charge in [-0.25, -0.2) is 0 Å². The third kappa shape index (κ3) is 5.14. The molecule has 0 heterocycles. The maximum atomic E-state index is 12.2. The monoisotopic (exact) mass is 343 g/mol. The molecule has 0 spiro atoms. The second-order valence-corrected chi connectivity index (χ2v) is 5.45. The van der Waals surface area contributed by atoms with Gasteiger partial charge in [0.25, 0.3) is 5.91 Å². The molecule has 2 aromatic carbocycles. The second-order valence-electron chi connectivity index (χ2n) is 5.45. The summed E-state index contributed by atoms with van der Waals surface area (Å²) in [4.78, 5) is 12.2. The van der Waals surface area contributed by atoms with E-state index in [1.807, 2.05) is 50.2 Å². The van der Waals surface area contributed by atoms with Gasteiger partial charge in [0.2, 0.25) is 0 Å². The van der Waals surface area contributed by atoms with Gasteiger partial charge in [-0.15, -0.1) is 0 Å². The molecule has 0 saturated heterocycles. The van der Waals surface area contributed by atoms with E-state index < -0.39 is 0 Å². The van der Waals surface area contributed by atoms with Crippen LogP contribution in [-0.4, -0.2) is 26.2 Å². The Kier molecular flexibility index (Phi) is 7.14. The summed E-state index contributed by atoms with van der Waals surface area (Å²) in [6.07, 6.45) is 0.895. The Morgan fingerprint density at radius 3 is 2.44 bits per heavy atom. The van der Waals surface area contributed by atoms with Crippen molar-refractivity contribution in [3.05, 3.63) is 53.6 Å². The molecule has 0 aliphatic rings. The Morgan fingerprint density at radius 1 is 1.00 bits per heavy atom. The van der Waals surface area contributed by atoms with Crippen LogP contribution in [0.4, 0.5) is 0 Å². The quantitative estimate of drug-likeness (QED) is 0.752. The van der Waals surface area contributed by atoms with Gasteiger partial charge < -0.3 is 19.5 Å². The van der Waals surface area contributed by atoms with Gasteiger partial charge in [0, 0.05) is 17.7 Å². The third-order valence-corrected chi connectivity index (χ3v) is 3.61. The molecule has 0 aliphatic carbocycles. The lowest BCUT2D eigenvalue weighted by molar-refractivity contribution is 0.0953. The molecule has 0 saturated carbocycles. The Morgan fingerprint density at radius 2 is 1.76 bits per heavy atom. The number of amides is 1. The summed E-state index contributed by atoms with van der Waals surface area (Å²) in [6.45, 7) is 5.42. The van der Waals surface area contributed by atoms with Crippen molar-refractivity contribution in [2.75, 3.05) is 20.3 Å². The molecule has 1 N–H and O–H groups in total. The highest BCUT2D eigenvalue weighted by Crippen LogP contribution is 2.28. The Balaban J connectivity index is 2.19. The number of carbonyl (C=O) groups excluding carboxylic acids is 1. The van der Waals surface area contributed by atoms with E-state index >= 15 is 0 Å². The third-order valence-electron chi connectivity index (χ3n) is 3.61. The summed E-state index contributed by atoms with van der Waals surface area (Å²) < 4.78 is 16.8. The summed E-state index contributed by atoms with van der Waals surface area (Å²) in [7, 11) is 1.60. The standard InChI is InChI=1S/C20H25NO4/c1-4-12-21-20(22)15-10-11-17(24-5-2)16(13-15)14-25-19-9-7-6-8-18(19)23-3/h6-11,13H,4-5,12,14H2,1-3H3,(H,21,22). The van der Waals surface area contributed by atoms with Gasteiger partial charge in [0.1, 0.15) is 12.4 Å². The topological polar surface area (TPSA) is 56.8 Å². The second kappa shape index (κ2) is 9.57. The summed E-state index contributed by atoms with van der Waals surface area (Å²) in [5, 5.41) is 2.88. The molecule has 0 fully saturated rings. The first-order valence-electron chi connectivity index (χ1n) is 8.49. The number of ether oxygens (including phenoxy) is 3. The van der Waals surface area contributed by atoms with Crippen molar-refractivity contribution in [2.24, 2.45) is 0 Å². The first-order valence-corrected chi connectivity index (χ1v) is 8.49. The van der Waals surface area contributed by atoms with Crippen LogP contribution in [0, 0.1) is 0 Å². The SMILES string of the molecule is CCCNC(=O)c1ccc(OCC)c(COc2ccccc2OC)c1. The number of benzene rings is 2. The lowest BCUT2D eigenvalue weighted by Crippen LogP contribution is -2.24. The summed E-state index contributed by atoms with van der Waals surface area (Å²) >= 11 is 0. The molecular weight excluding hydrogens is 318 g/mol. The van der Waals surface area contributed by atoms with Gasteiger partial charge in [-0.3, -0.25) is 4.79 Å². The van der Waals surface area contributed by atoms with Crippen LogP contribution in [0.5, 0.6) is 17.2 Å². The molecule has 2 rings (SSSR count). The first-order chi connectivity index (χ1) is 12.2. The van der Waals surface area contributed by atoms with Crippen molar-refractivity contribution < 1.29 is 19.0 Å². The molecule has 0 atom stereocenters. The number of rotatable bonds is 9. The minimum absolute atomic E-state index is 0.0940. The highest BCUT2D eigenvalue weighted by Gasteiger charge is 2.12. The average Bonchev–Trinajstić information content (AvgIpc) is 2.65. The number of hydrogen-bond acceptors (Lipinski definition) is 4. The summed E-state index contributed by atoms with van der Waals surface area (Å²) in [5.41, 5.74) is 1.41. The molecule has 0 aromatic heterocycles. The van der Waals surface area contributed by atoms with Gasteiger partial charge in [0.15, 0.2) is 11.5 Å². The van der Waals surface area contributed by atoms with Gasteiger partial charge >= 0.3 is 0 Å². The van der Waals surface area contributed by atoms with Crippen LogP contribution in [0.3, 0.4) is 0 Å². The minimum Gasteiger partial charge on any atom is -0.493 e. The lowest BCUT2D eigenvalue weighted by atomic mass is 10.1. The van der Waals surface area contributed by atoms with E-state index in [0.29, 0.717) is 36.0 Å². The maximum Gasteiger partial charge on any atom is 0.251 e. The zero-order valence-corrected chi connectivity index (χ0v) is 15.0. The number of carbonyl (C=O) groups is 1. The van der Waals surface area contributed by atoms with Gasteiger partial charge in [-0.1, -0.05) is 19.1 Å². The largest absolute Gasteiger partial charge is 0.493 e. The van der Waals surface area contributed by atoms with E-state index in [4.69, 9.17) is 14.2 Å². The van der Waals surface area contributed by atoms with E-state index in [9.17, 15) is 4.79 Å². The number of para-hydroxylation sites is 2. The van der Waals surface area contributed by atoms with Crippen LogP contribution in [0.25, 0.3) is 0 Å². The Bertz CT molecular complexity index is 700. The van der Waals surface area contributed by atoms with Gasteiger partial charge in [0.05, 0.1) is 13.7 Å². The van der Waals surface area contributed by atoms with Crippen LogP contribution < -0.4 is 19.5 Å². The van der Waals surface area contributed by atoms with Crippen LogP contribution in [-0.2, 0) is 6.61 Å². The van der Waals surface area contributed by atoms with Crippen LogP contribution in [0.15, 0.2) is 42.5 Å². The van der Waals surface area contributed by atoms with E-state index in [-0.39, 0.29) is 12.5 Å². The number of hydrogen-bond donors (Lipinski definition) is 1. The van der Waals surface area contributed by atoms with E-state index in [1.54, 1.807) is 13.2 Å². The fourth-order valence-electron chi connectivity index (χ4n) is 2.36. The van der Waals surface area contributed by atoms with Crippen molar-refractivity contribution in [3.63, 3.8) is 0 Å². The molecule has 0 bridgehead atoms. The smallest absolute Gasteiger partial charge is 0.251 e. The lowest BCUT2D eigenvalue weighted by Gasteiger charge is -2.14. The van der Waals surface area contributed by atoms with Gasteiger partial charge in [-0.2, -0.15) is 0 Å². The molecular formula is C20H25NO4. The predicted molar refractivity (Wildman–Crippen MR) is 97.6 cm³/mol. The highest BCUT2D eigenvalue weighted by atomic mass is 16.5. The maximum absolute atomic E-state index is 12.2. The molecule has 25 heavy (non-hydrogen) atoms. The van der Waals surface area contributed by atoms with Gasteiger partial charge in [-0.05, 0) is 43.7 Å². The molecule has 134 valence electrons. The number of methoxy groups -OCH3 is 1. The van der Waals surface area contributed by atoms with Crippen molar-refractivity contribution in [1.29, 1.82) is 0 Å². The Labute approximate surface area is 148 Å². The fraction of sp³-hybridized carbons (Fsp3) is 0.350. The molecule has 1 amide bonds. The minimum atomic E-state index is -0.0940. The first kappa shape index (κ1) is 18.6. The van der Waals surface area contributed by atoms with E-state index in [2.05, 4.69) is 5.32 Å². The molecule has 0 unspecified atom stereocenters. The Hall–Kier alpha value is -2.69. The van der Waals surface area contributed by atoms with E-state index in [0.717, 1.165) is 12.0 Å². The number of nitrogens with one attached hydrogen (secondary N) is 1. The van der Waals surface area contributed by atoms with Crippen molar-refractivity contribution >= 4 is 5.91 Å². The van der Waals surface area contributed by atoms with Crippen molar-refractivity contribution in [1.82, 2.24) is 5.32 Å². The van der Waals surface area contributed by atoms with Crippen molar-refractivity contribution in [2.45, 2.75) is 26.9 Å². The zero-order valence-electron chi connectivity index (χ0n) is 15.0. The molecule has 5 nitrogen and oxygen atoms in total. The van der Waals surface area contributed by atoms with Crippen LogP contribution >= 0.6 is 0 Å². The molecule has 0 radical (unpaired) electrons. The molecule has 5 heteroatoms. The van der Waals surface area contributed by atoms with Crippen molar-refractivity contribution in [3.8, 4) is 17.2 Å². The van der Waals surface area contributed by atoms with Crippen LogP contribution in [0.1, 0.15) is 36.2 Å². The summed E-state index contributed by atoms with van der Waals surface area (Å²) in [5.74, 6) is 1.93.